The fourth-order valence-electron chi connectivity index (χ4n) is 3.43. The summed E-state index contributed by atoms with van der Waals surface area (Å²) in [6.45, 7) is 4.73. The van der Waals surface area contributed by atoms with E-state index in [0.717, 1.165) is 24.0 Å². The molecule has 4 rings (SSSR count). The molecular formula is C21H20ClN3O2. The van der Waals surface area contributed by atoms with Gasteiger partial charge in [0.05, 0.1) is 5.02 Å². The molecule has 1 atom stereocenters. The SMILES string of the molecule is Cc1ccc(C(=O)N2CCC[C@H]2c2nc(-c3ccccc3Cl)no2)cc1C. The third-order valence-corrected chi connectivity index (χ3v) is 5.44. The molecule has 1 fully saturated rings. The maximum atomic E-state index is 13.0. The van der Waals surface area contributed by atoms with Crippen molar-refractivity contribution >= 4 is 17.5 Å². The molecule has 2 aromatic carbocycles. The van der Waals surface area contributed by atoms with Crippen LogP contribution in [0.15, 0.2) is 47.0 Å². The molecule has 3 aromatic rings. The summed E-state index contributed by atoms with van der Waals surface area (Å²) in [6, 6.07) is 13.0. The minimum atomic E-state index is -0.206. The lowest BCUT2D eigenvalue weighted by molar-refractivity contribution is 0.0710. The smallest absolute Gasteiger partial charge is 0.254 e. The normalized spacial score (nSPS) is 16.7. The molecule has 1 aromatic heterocycles. The fraction of sp³-hybridized carbons (Fsp3) is 0.286. The predicted octanol–water partition coefficient (Wildman–Crippen LogP) is 4.98. The molecule has 138 valence electrons. The van der Waals surface area contributed by atoms with Crippen molar-refractivity contribution in [3.63, 3.8) is 0 Å². The Labute approximate surface area is 163 Å². The molecule has 6 heteroatoms. The summed E-state index contributed by atoms with van der Waals surface area (Å²) >= 11 is 6.23. The Kier molecular flexibility index (Phi) is 4.70. The minimum Gasteiger partial charge on any atom is -0.337 e. The number of likely N-dealkylation sites (tertiary alicyclic amines) is 1. The summed E-state index contributed by atoms with van der Waals surface area (Å²) in [5.41, 5.74) is 3.69. The number of hydrogen-bond acceptors (Lipinski definition) is 4. The number of rotatable bonds is 3. The van der Waals surface area contributed by atoms with E-state index in [1.807, 2.05) is 55.1 Å². The van der Waals surface area contributed by atoms with Crippen LogP contribution in [-0.2, 0) is 0 Å². The van der Waals surface area contributed by atoms with Gasteiger partial charge in [0.2, 0.25) is 11.7 Å². The Bertz CT molecular complexity index is 999. The minimum absolute atomic E-state index is 0.00177. The molecule has 0 spiro atoms. The largest absolute Gasteiger partial charge is 0.337 e. The third-order valence-electron chi connectivity index (χ3n) is 5.11. The summed E-state index contributed by atoms with van der Waals surface area (Å²) < 4.78 is 5.50. The summed E-state index contributed by atoms with van der Waals surface area (Å²) in [5, 5.41) is 4.64. The van der Waals surface area contributed by atoms with Gasteiger partial charge in [-0.3, -0.25) is 4.79 Å². The van der Waals surface area contributed by atoms with Crippen molar-refractivity contribution in [1.82, 2.24) is 15.0 Å². The van der Waals surface area contributed by atoms with E-state index < -0.39 is 0 Å². The van der Waals surface area contributed by atoms with Gasteiger partial charge in [0.25, 0.3) is 5.91 Å². The monoisotopic (exact) mass is 381 g/mol. The number of carbonyl (C=O) groups excluding carboxylic acids is 1. The number of halogens is 1. The van der Waals surface area contributed by atoms with Crippen molar-refractivity contribution in [1.29, 1.82) is 0 Å². The first-order valence-electron chi connectivity index (χ1n) is 9.01. The highest BCUT2D eigenvalue weighted by Gasteiger charge is 2.34. The number of aromatic nitrogens is 2. The van der Waals surface area contributed by atoms with Crippen LogP contribution in [0, 0.1) is 13.8 Å². The van der Waals surface area contributed by atoms with Crippen molar-refractivity contribution in [2.45, 2.75) is 32.7 Å². The highest BCUT2D eigenvalue weighted by atomic mass is 35.5. The number of amides is 1. The van der Waals surface area contributed by atoms with Gasteiger partial charge >= 0.3 is 0 Å². The molecule has 0 unspecified atom stereocenters. The zero-order chi connectivity index (χ0) is 19.0. The number of hydrogen-bond donors (Lipinski definition) is 0. The predicted molar refractivity (Wildman–Crippen MR) is 104 cm³/mol. The molecule has 1 amide bonds. The molecule has 2 heterocycles. The average molecular weight is 382 g/mol. The third kappa shape index (κ3) is 3.35. The van der Waals surface area contributed by atoms with E-state index >= 15 is 0 Å². The second-order valence-corrected chi connectivity index (χ2v) is 7.30. The zero-order valence-electron chi connectivity index (χ0n) is 15.3. The van der Waals surface area contributed by atoms with E-state index in [2.05, 4.69) is 10.1 Å². The number of carbonyl (C=O) groups is 1. The van der Waals surface area contributed by atoms with E-state index in [1.165, 1.54) is 5.56 Å². The molecule has 0 aliphatic carbocycles. The standard InChI is InChI=1S/C21H20ClN3O2/c1-13-9-10-15(12-14(13)2)21(26)25-11-5-8-18(25)20-23-19(24-27-20)16-6-3-4-7-17(16)22/h3-4,6-7,9-10,12,18H,5,8,11H2,1-2H3/t18-/m0/s1. The fourth-order valence-corrected chi connectivity index (χ4v) is 3.65. The number of aryl methyl sites for hydroxylation is 2. The molecule has 0 saturated carbocycles. The quantitative estimate of drug-likeness (QED) is 0.641. The Morgan fingerprint density at radius 2 is 2.00 bits per heavy atom. The Balaban J connectivity index is 1.61. The van der Waals surface area contributed by atoms with Crippen LogP contribution < -0.4 is 0 Å². The van der Waals surface area contributed by atoms with Gasteiger partial charge in [0.1, 0.15) is 6.04 Å². The van der Waals surface area contributed by atoms with Crippen LogP contribution >= 0.6 is 11.6 Å². The van der Waals surface area contributed by atoms with Gasteiger partial charge in [-0.15, -0.1) is 0 Å². The van der Waals surface area contributed by atoms with Crippen LogP contribution in [-0.4, -0.2) is 27.5 Å². The van der Waals surface area contributed by atoms with Crippen LogP contribution in [0.3, 0.4) is 0 Å². The second kappa shape index (κ2) is 7.16. The molecule has 0 N–H and O–H groups in total. The average Bonchev–Trinajstić information content (AvgIpc) is 3.32. The zero-order valence-corrected chi connectivity index (χ0v) is 16.0. The van der Waals surface area contributed by atoms with Crippen LogP contribution in [0.5, 0.6) is 0 Å². The molecular weight excluding hydrogens is 362 g/mol. The first kappa shape index (κ1) is 17.7. The van der Waals surface area contributed by atoms with Crippen molar-refractivity contribution in [2.24, 2.45) is 0 Å². The van der Waals surface area contributed by atoms with Gasteiger partial charge in [-0.1, -0.05) is 35.0 Å². The Hall–Kier alpha value is -2.66. The number of benzene rings is 2. The van der Waals surface area contributed by atoms with Gasteiger partial charge in [-0.05, 0) is 62.1 Å². The molecule has 5 nitrogen and oxygen atoms in total. The lowest BCUT2D eigenvalue weighted by Crippen LogP contribution is -2.30. The Morgan fingerprint density at radius 1 is 1.19 bits per heavy atom. The summed E-state index contributed by atoms with van der Waals surface area (Å²) in [5.74, 6) is 0.902. The van der Waals surface area contributed by atoms with Crippen LogP contribution in [0.2, 0.25) is 5.02 Å². The van der Waals surface area contributed by atoms with Gasteiger partial charge in [-0.2, -0.15) is 4.98 Å². The molecule has 0 bridgehead atoms. The second-order valence-electron chi connectivity index (χ2n) is 6.89. The van der Waals surface area contributed by atoms with Crippen molar-refractivity contribution in [3.05, 3.63) is 70.1 Å². The topological polar surface area (TPSA) is 59.2 Å². The first-order chi connectivity index (χ1) is 13.0. The number of nitrogens with zero attached hydrogens (tertiary/aromatic N) is 3. The lowest BCUT2D eigenvalue weighted by atomic mass is 10.1. The van der Waals surface area contributed by atoms with Crippen LogP contribution in [0.1, 0.15) is 46.3 Å². The maximum absolute atomic E-state index is 13.0. The maximum Gasteiger partial charge on any atom is 0.254 e. The lowest BCUT2D eigenvalue weighted by Gasteiger charge is -2.22. The molecule has 1 aliphatic heterocycles. The van der Waals surface area contributed by atoms with E-state index in [9.17, 15) is 4.79 Å². The highest BCUT2D eigenvalue weighted by molar-refractivity contribution is 6.33. The van der Waals surface area contributed by atoms with Crippen molar-refractivity contribution in [3.8, 4) is 11.4 Å². The molecule has 1 saturated heterocycles. The van der Waals surface area contributed by atoms with Gasteiger partial charge in [0.15, 0.2) is 0 Å². The van der Waals surface area contributed by atoms with Crippen LogP contribution in [0.25, 0.3) is 11.4 Å². The molecule has 1 aliphatic rings. The Morgan fingerprint density at radius 3 is 2.78 bits per heavy atom. The van der Waals surface area contributed by atoms with E-state index in [1.54, 1.807) is 6.07 Å². The summed E-state index contributed by atoms with van der Waals surface area (Å²) in [6.07, 6.45) is 1.71. The van der Waals surface area contributed by atoms with E-state index in [-0.39, 0.29) is 11.9 Å². The van der Waals surface area contributed by atoms with E-state index in [0.29, 0.717) is 28.8 Å². The van der Waals surface area contributed by atoms with Crippen molar-refractivity contribution < 1.29 is 9.32 Å². The molecule has 27 heavy (non-hydrogen) atoms. The van der Waals surface area contributed by atoms with Gasteiger partial charge < -0.3 is 9.42 Å². The summed E-state index contributed by atoms with van der Waals surface area (Å²) in [7, 11) is 0. The van der Waals surface area contributed by atoms with Crippen molar-refractivity contribution in [2.75, 3.05) is 6.54 Å². The molecule has 0 radical (unpaired) electrons. The summed E-state index contributed by atoms with van der Waals surface area (Å²) in [4.78, 5) is 19.4. The first-order valence-corrected chi connectivity index (χ1v) is 9.39. The van der Waals surface area contributed by atoms with Gasteiger partial charge in [0, 0.05) is 17.7 Å². The highest BCUT2D eigenvalue weighted by Crippen LogP contribution is 2.34. The van der Waals surface area contributed by atoms with Crippen LogP contribution in [0.4, 0.5) is 0 Å². The van der Waals surface area contributed by atoms with Gasteiger partial charge in [-0.25, -0.2) is 0 Å². The van der Waals surface area contributed by atoms with E-state index in [4.69, 9.17) is 16.1 Å².